The maximum Gasteiger partial charge on any atom is 0.269 e. The molecular weight excluding hydrogens is 314 g/mol. The van der Waals surface area contributed by atoms with Gasteiger partial charge in [-0.25, -0.2) is 0 Å². The summed E-state index contributed by atoms with van der Waals surface area (Å²) < 4.78 is 0. The monoisotopic (exact) mass is 323 g/mol. The molecule has 7 heteroatoms. The van der Waals surface area contributed by atoms with Crippen molar-refractivity contribution in [3.05, 3.63) is 62.3 Å². The second kappa shape index (κ2) is 5.31. The zero-order valence-corrected chi connectivity index (χ0v) is 12.5. The smallest absolute Gasteiger partial charge is 0.269 e. The molecule has 3 rings (SSSR count). The first kappa shape index (κ1) is 14.9. The summed E-state index contributed by atoms with van der Waals surface area (Å²) in [6.07, 6.45) is 0. The van der Waals surface area contributed by atoms with Crippen LogP contribution in [0.5, 0.6) is 0 Å². The molecule has 1 heterocycles. The van der Waals surface area contributed by atoms with Crippen LogP contribution in [0.1, 0.15) is 21.2 Å². The number of nitro benzene ring substituents is 1. The van der Waals surface area contributed by atoms with Crippen molar-refractivity contribution in [3.8, 4) is 12.1 Å². The third-order valence-electron chi connectivity index (χ3n) is 4.08. The van der Waals surface area contributed by atoms with Crippen LogP contribution in [0.3, 0.4) is 0 Å². The van der Waals surface area contributed by atoms with Crippen molar-refractivity contribution in [2.45, 2.75) is 5.92 Å². The topological polar surface area (TPSA) is 108 Å². The Morgan fingerprint density at radius 1 is 1.22 bits per heavy atom. The van der Waals surface area contributed by atoms with Crippen molar-refractivity contribution < 1.29 is 9.72 Å². The van der Waals surface area contributed by atoms with Crippen molar-refractivity contribution in [2.24, 2.45) is 11.3 Å². The number of nitrogens with zero attached hydrogens (tertiary/aromatic N) is 3. The Balaban J connectivity index is 1.97. The maximum atomic E-state index is 12.6. The van der Waals surface area contributed by atoms with Crippen LogP contribution in [0.2, 0.25) is 0 Å². The van der Waals surface area contributed by atoms with Crippen molar-refractivity contribution >= 4 is 22.8 Å². The number of benzene rings is 1. The molecule has 0 amide bonds. The summed E-state index contributed by atoms with van der Waals surface area (Å²) in [5.74, 6) is -1.53. The molecule has 2 atom stereocenters. The van der Waals surface area contributed by atoms with Gasteiger partial charge in [-0.05, 0) is 17.0 Å². The van der Waals surface area contributed by atoms with Gasteiger partial charge in [0.2, 0.25) is 0 Å². The quantitative estimate of drug-likeness (QED) is 0.487. The second-order valence-corrected chi connectivity index (χ2v) is 6.19. The highest BCUT2D eigenvalue weighted by molar-refractivity contribution is 7.12. The van der Waals surface area contributed by atoms with E-state index in [2.05, 4.69) is 0 Å². The fraction of sp³-hybridized carbons (Fsp3) is 0.188. The minimum Gasteiger partial charge on any atom is -0.293 e. The molecule has 112 valence electrons. The Labute approximate surface area is 135 Å². The molecule has 0 radical (unpaired) electrons. The van der Waals surface area contributed by atoms with Gasteiger partial charge in [0.25, 0.3) is 5.69 Å². The summed E-state index contributed by atoms with van der Waals surface area (Å²) >= 11 is 1.27. The van der Waals surface area contributed by atoms with E-state index in [-0.39, 0.29) is 11.5 Å². The number of thiophene rings is 1. The molecule has 2 aromatic rings. The number of hydrogen-bond acceptors (Lipinski definition) is 6. The summed E-state index contributed by atoms with van der Waals surface area (Å²) in [7, 11) is 0. The van der Waals surface area contributed by atoms with E-state index in [0.717, 1.165) is 0 Å². The van der Waals surface area contributed by atoms with Crippen LogP contribution in [0.15, 0.2) is 41.8 Å². The molecule has 1 fully saturated rings. The molecule has 6 nitrogen and oxygen atoms in total. The average Bonchev–Trinajstić information content (AvgIpc) is 2.92. The minimum absolute atomic E-state index is 0.0740. The highest BCUT2D eigenvalue weighted by atomic mass is 32.1. The zero-order chi connectivity index (χ0) is 16.6. The first-order chi connectivity index (χ1) is 11.0. The number of hydrogen-bond donors (Lipinski definition) is 0. The van der Waals surface area contributed by atoms with Crippen LogP contribution >= 0.6 is 11.3 Å². The molecule has 1 saturated carbocycles. The number of rotatable bonds is 4. The molecule has 0 saturated heterocycles. The summed E-state index contributed by atoms with van der Waals surface area (Å²) in [6.45, 7) is 0. The molecule has 0 N–H and O–H groups in total. The van der Waals surface area contributed by atoms with Crippen molar-refractivity contribution in [1.29, 1.82) is 10.5 Å². The predicted octanol–water partition coefficient (Wildman–Crippen LogP) is 3.29. The van der Waals surface area contributed by atoms with Gasteiger partial charge in [0.05, 0.1) is 27.9 Å². The average molecular weight is 323 g/mol. The molecule has 23 heavy (non-hydrogen) atoms. The summed E-state index contributed by atoms with van der Waals surface area (Å²) in [4.78, 5) is 23.3. The fourth-order valence-electron chi connectivity index (χ4n) is 2.88. The minimum atomic E-state index is -1.41. The standard InChI is InChI=1S/C16H9N3O3S/c17-8-16(9-18)13(10-3-5-11(6-4-10)19(21)22)14(16)15(20)12-2-1-7-23-12/h1-7,13-14H/t13-,14+/m0/s1. The number of ketones is 1. The molecule has 1 aromatic heterocycles. The Hall–Kier alpha value is -3.03. The fourth-order valence-corrected chi connectivity index (χ4v) is 3.58. The molecular formula is C16H9N3O3S. The van der Waals surface area contributed by atoms with E-state index >= 15 is 0 Å². The number of Topliss-reactive ketones (excluding diaryl/α,β-unsaturated/α-hetero) is 1. The number of carbonyl (C=O) groups excluding carboxylic acids is 1. The Morgan fingerprint density at radius 3 is 2.35 bits per heavy atom. The maximum absolute atomic E-state index is 12.6. The van der Waals surface area contributed by atoms with Crippen LogP contribution in [0.4, 0.5) is 5.69 Å². The van der Waals surface area contributed by atoms with Gasteiger partial charge in [-0.2, -0.15) is 10.5 Å². The lowest BCUT2D eigenvalue weighted by Gasteiger charge is -1.99. The normalized spacial score (nSPS) is 21.0. The molecule has 0 spiro atoms. The number of non-ortho nitro benzene ring substituents is 1. The molecule has 1 aliphatic carbocycles. The molecule has 0 aliphatic heterocycles. The van der Waals surface area contributed by atoms with Gasteiger partial charge in [0, 0.05) is 18.1 Å². The van der Waals surface area contributed by atoms with E-state index in [9.17, 15) is 25.4 Å². The lowest BCUT2D eigenvalue weighted by Crippen LogP contribution is -2.06. The third-order valence-corrected chi connectivity index (χ3v) is 4.97. The highest BCUT2D eigenvalue weighted by Gasteiger charge is 2.70. The summed E-state index contributed by atoms with van der Waals surface area (Å²) in [6, 6.07) is 13.0. The van der Waals surface area contributed by atoms with E-state index in [4.69, 9.17) is 0 Å². The van der Waals surface area contributed by atoms with E-state index in [1.54, 1.807) is 17.5 Å². The molecule has 1 aromatic carbocycles. The summed E-state index contributed by atoms with van der Waals surface area (Å²) in [5, 5.41) is 31.3. The number of nitriles is 2. The van der Waals surface area contributed by atoms with Crippen LogP contribution in [-0.4, -0.2) is 10.7 Å². The predicted molar refractivity (Wildman–Crippen MR) is 81.6 cm³/mol. The SMILES string of the molecule is N#CC1(C#N)[C@@H](C(=O)c2cccs2)[C@@H]1c1ccc([N+](=O)[O-])cc1. The van der Waals surface area contributed by atoms with Gasteiger partial charge in [0.15, 0.2) is 11.2 Å². The highest BCUT2D eigenvalue weighted by Crippen LogP contribution is 2.65. The van der Waals surface area contributed by atoms with E-state index in [1.807, 2.05) is 12.1 Å². The first-order valence-corrected chi connectivity index (χ1v) is 7.57. The third kappa shape index (κ3) is 2.19. The lowest BCUT2D eigenvalue weighted by molar-refractivity contribution is -0.384. The van der Waals surface area contributed by atoms with Crippen LogP contribution in [-0.2, 0) is 0 Å². The number of nitro groups is 1. The largest absolute Gasteiger partial charge is 0.293 e. The van der Waals surface area contributed by atoms with Gasteiger partial charge < -0.3 is 0 Å². The second-order valence-electron chi connectivity index (χ2n) is 5.24. The van der Waals surface area contributed by atoms with Gasteiger partial charge in [-0.1, -0.05) is 18.2 Å². The summed E-state index contributed by atoms with van der Waals surface area (Å²) in [5.41, 5.74) is -0.888. The van der Waals surface area contributed by atoms with Gasteiger partial charge in [-0.15, -0.1) is 11.3 Å². The van der Waals surface area contributed by atoms with Gasteiger partial charge >= 0.3 is 0 Å². The van der Waals surface area contributed by atoms with Crippen LogP contribution in [0.25, 0.3) is 0 Å². The van der Waals surface area contributed by atoms with Gasteiger partial charge in [0.1, 0.15) is 0 Å². The Morgan fingerprint density at radius 2 is 1.87 bits per heavy atom. The Kier molecular flexibility index (Phi) is 3.44. The van der Waals surface area contributed by atoms with Crippen molar-refractivity contribution in [3.63, 3.8) is 0 Å². The van der Waals surface area contributed by atoms with E-state index < -0.39 is 22.2 Å². The van der Waals surface area contributed by atoms with Crippen molar-refractivity contribution in [2.75, 3.05) is 0 Å². The van der Waals surface area contributed by atoms with Crippen molar-refractivity contribution in [1.82, 2.24) is 0 Å². The molecule has 1 aliphatic rings. The van der Waals surface area contributed by atoms with Gasteiger partial charge in [-0.3, -0.25) is 14.9 Å². The first-order valence-electron chi connectivity index (χ1n) is 6.69. The molecule has 0 bridgehead atoms. The number of carbonyl (C=O) groups is 1. The Bertz CT molecular complexity index is 845. The van der Waals surface area contributed by atoms with Crippen LogP contribution < -0.4 is 0 Å². The lowest BCUT2D eigenvalue weighted by atomic mass is 10.0. The van der Waals surface area contributed by atoms with Crippen LogP contribution in [0, 0.1) is 44.1 Å². The van der Waals surface area contributed by atoms with E-state index in [1.165, 1.54) is 35.6 Å². The van der Waals surface area contributed by atoms with E-state index in [0.29, 0.717) is 10.4 Å². The molecule has 0 unspecified atom stereocenters. The zero-order valence-electron chi connectivity index (χ0n) is 11.7.